The summed E-state index contributed by atoms with van der Waals surface area (Å²) in [5, 5.41) is 11.0. The van der Waals surface area contributed by atoms with Gasteiger partial charge in [-0.3, -0.25) is 0 Å². The van der Waals surface area contributed by atoms with E-state index in [0.717, 1.165) is 18.4 Å². The van der Waals surface area contributed by atoms with Gasteiger partial charge in [0.1, 0.15) is 0 Å². The van der Waals surface area contributed by atoms with Crippen LogP contribution >= 0.6 is 0 Å². The van der Waals surface area contributed by atoms with Crippen LogP contribution in [0, 0.1) is 12.8 Å². The predicted molar refractivity (Wildman–Crippen MR) is 97.5 cm³/mol. The molecule has 1 aromatic rings. The second kappa shape index (κ2) is 7.91. The lowest BCUT2D eigenvalue weighted by atomic mass is 9.81. The molecular weight excluding hydrogens is 306 g/mol. The van der Waals surface area contributed by atoms with Crippen LogP contribution in [-0.2, 0) is 11.0 Å². The van der Waals surface area contributed by atoms with Crippen LogP contribution in [0.4, 0.5) is 0 Å². The minimum Gasteiger partial charge on any atom is -0.391 e. The Bertz CT molecular complexity index is 515. The minimum atomic E-state index is -1.21. The molecule has 1 aliphatic carbocycles. The highest BCUT2D eigenvalue weighted by Gasteiger charge is 2.33. The summed E-state index contributed by atoms with van der Waals surface area (Å²) in [6.07, 6.45) is 5.26. The van der Waals surface area contributed by atoms with Gasteiger partial charge in [0, 0.05) is 0 Å². The standard InChI is InChI=1S/C19H31NO2S/c1-14-10-12-15(13-11-14)17(20-23(22)19(2,3)4)18(21)16-8-6-5-7-9-16/h10-13,16-18,20-21H,5-9H2,1-4H3/t17-,18+,23+/m0/s1. The van der Waals surface area contributed by atoms with Gasteiger partial charge in [0.15, 0.2) is 0 Å². The first kappa shape index (κ1) is 18.6. The molecule has 0 aliphatic heterocycles. The van der Waals surface area contributed by atoms with Crippen LogP contribution in [0.2, 0.25) is 0 Å². The maximum absolute atomic E-state index is 12.6. The molecule has 1 saturated carbocycles. The first-order valence-electron chi connectivity index (χ1n) is 8.71. The summed E-state index contributed by atoms with van der Waals surface area (Å²) in [6.45, 7) is 7.91. The molecule has 4 heteroatoms. The van der Waals surface area contributed by atoms with Gasteiger partial charge in [0.25, 0.3) is 0 Å². The van der Waals surface area contributed by atoms with E-state index >= 15 is 0 Å². The van der Waals surface area contributed by atoms with Crippen LogP contribution in [0.3, 0.4) is 0 Å². The molecular formula is C19H31NO2S. The van der Waals surface area contributed by atoms with Crippen LogP contribution in [0.15, 0.2) is 24.3 Å². The molecule has 23 heavy (non-hydrogen) atoms. The first-order valence-corrected chi connectivity index (χ1v) is 9.86. The third-order valence-corrected chi connectivity index (χ3v) is 6.28. The molecule has 0 bridgehead atoms. The summed E-state index contributed by atoms with van der Waals surface area (Å²) < 4.78 is 15.5. The average molecular weight is 338 g/mol. The molecule has 2 rings (SSSR count). The van der Waals surface area contributed by atoms with Gasteiger partial charge in [0.05, 0.1) is 27.9 Å². The van der Waals surface area contributed by atoms with E-state index in [2.05, 4.69) is 23.8 Å². The van der Waals surface area contributed by atoms with Crippen LogP contribution in [0.25, 0.3) is 0 Å². The Kier molecular flexibility index (Phi) is 6.40. The zero-order valence-corrected chi connectivity index (χ0v) is 15.7. The smallest absolute Gasteiger partial charge is 0.0976 e. The molecule has 1 aliphatic rings. The lowest BCUT2D eigenvalue weighted by molar-refractivity contribution is 0.0570. The third kappa shape index (κ3) is 5.13. The number of hydrogen-bond donors (Lipinski definition) is 2. The Hall–Kier alpha value is -0.710. The molecule has 130 valence electrons. The van der Waals surface area contributed by atoms with Crippen molar-refractivity contribution in [1.82, 2.24) is 4.72 Å². The Morgan fingerprint density at radius 2 is 1.70 bits per heavy atom. The predicted octanol–water partition coefficient (Wildman–Crippen LogP) is 4.03. The number of aryl methyl sites for hydroxylation is 1. The Labute approximate surface area is 143 Å². The molecule has 0 saturated heterocycles. The van der Waals surface area contributed by atoms with Crippen molar-refractivity contribution in [2.24, 2.45) is 5.92 Å². The first-order chi connectivity index (χ1) is 10.8. The van der Waals surface area contributed by atoms with E-state index in [4.69, 9.17) is 0 Å². The summed E-state index contributed by atoms with van der Waals surface area (Å²) in [5.74, 6) is 0.291. The molecule has 1 aromatic carbocycles. The highest BCUT2D eigenvalue weighted by molar-refractivity contribution is 7.84. The highest BCUT2D eigenvalue weighted by Crippen LogP contribution is 2.33. The van der Waals surface area contributed by atoms with Crippen LogP contribution in [0.5, 0.6) is 0 Å². The van der Waals surface area contributed by atoms with Gasteiger partial charge in [0.2, 0.25) is 0 Å². The molecule has 0 heterocycles. The minimum absolute atomic E-state index is 0.279. The molecule has 0 radical (unpaired) electrons. The summed E-state index contributed by atoms with van der Waals surface area (Å²) in [6, 6.07) is 7.91. The van der Waals surface area contributed by atoms with E-state index in [-0.39, 0.29) is 10.8 Å². The largest absolute Gasteiger partial charge is 0.391 e. The van der Waals surface area contributed by atoms with Crippen molar-refractivity contribution < 1.29 is 9.32 Å². The molecule has 2 N–H and O–H groups in total. The molecule has 1 fully saturated rings. The summed E-state index contributed by atoms with van der Waals surface area (Å²) >= 11 is 0. The molecule has 0 unspecified atom stereocenters. The zero-order chi connectivity index (χ0) is 17.0. The number of aliphatic hydroxyl groups excluding tert-OH is 1. The molecule has 3 atom stereocenters. The third-order valence-electron chi connectivity index (χ3n) is 4.70. The normalized spacial score (nSPS) is 20.9. The van der Waals surface area contributed by atoms with Crippen LogP contribution in [0.1, 0.15) is 70.0 Å². The van der Waals surface area contributed by atoms with Crippen molar-refractivity contribution in [2.45, 2.75) is 76.7 Å². The quantitative estimate of drug-likeness (QED) is 0.852. The fraction of sp³-hybridized carbons (Fsp3) is 0.684. The Morgan fingerprint density at radius 1 is 1.13 bits per heavy atom. The lowest BCUT2D eigenvalue weighted by Crippen LogP contribution is -2.43. The zero-order valence-electron chi connectivity index (χ0n) is 14.8. The molecule has 0 amide bonds. The van der Waals surface area contributed by atoms with Gasteiger partial charge >= 0.3 is 0 Å². The highest BCUT2D eigenvalue weighted by atomic mass is 32.2. The van der Waals surface area contributed by atoms with E-state index in [9.17, 15) is 9.32 Å². The SMILES string of the molecule is Cc1ccc([C@H](N[S@](=O)C(C)(C)C)[C@H](O)C2CCCCC2)cc1. The number of rotatable bonds is 5. The van der Waals surface area contributed by atoms with E-state index in [1.165, 1.54) is 24.8 Å². The fourth-order valence-electron chi connectivity index (χ4n) is 3.15. The van der Waals surface area contributed by atoms with E-state index in [0.29, 0.717) is 5.92 Å². The average Bonchev–Trinajstić information content (AvgIpc) is 2.52. The van der Waals surface area contributed by atoms with E-state index in [1.54, 1.807) is 0 Å². The monoisotopic (exact) mass is 337 g/mol. The van der Waals surface area contributed by atoms with Gasteiger partial charge in [-0.25, -0.2) is 8.93 Å². The van der Waals surface area contributed by atoms with Gasteiger partial charge < -0.3 is 5.11 Å². The Balaban J connectivity index is 2.22. The molecule has 3 nitrogen and oxygen atoms in total. The maximum atomic E-state index is 12.6. The van der Waals surface area contributed by atoms with Crippen molar-refractivity contribution in [3.05, 3.63) is 35.4 Å². The summed E-state index contributed by atoms with van der Waals surface area (Å²) in [4.78, 5) is 0. The lowest BCUT2D eigenvalue weighted by Gasteiger charge is -2.34. The number of hydrogen-bond acceptors (Lipinski definition) is 2. The van der Waals surface area contributed by atoms with Gasteiger partial charge in [-0.05, 0) is 52.0 Å². The maximum Gasteiger partial charge on any atom is 0.0976 e. The molecule has 0 aromatic heterocycles. The number of nitrogens with one attached hydrogen (secondary N) is 1. The van der Waals surface area contributed by atoms with Crippen LogP contribution < -0.4 is 4.72 Å². The van der Waals surface area contributed by atoms with Crippen molar-refractivity contribution in [1.29, 1.82) is 0 Å². The number of aliphatic hydroxyl groups is 1. The van der Waals surface area contributed by atoms with E-state index < -0.39 is 17.1 Å². The topological polar surface area (TPSA) is 49.3 Å². The van der Waals surface area contributed by atoms with Crippen molar-refractivity contribution in [2.75, 3.05) is 0 Å². The van der Waals surface area contributed by atoms with Gasteiger partial charge in [-0.1, -0.05) is 49.1 Å². The second-order valence-electron chi connectivity index (χ2n) is 7.78. The van der Waals surface area contributed by atoms with Crippen molar-refractivity contribution in [3.8, 4) is 0 Å². The van der Waals surface area contributed by atoms with Crippen molar-refractivity contribution in [3.63, 3.8) is 0 Å². The summed E-state index contributed by atoms with van der Waals surface area (Å²) in [7, 11) is -1.21. The van der Waals surface area contributed by atoms with Crippen LogP contribution in [-0.4, -0.2) is 20.2 Å². The van der Waals surface area contributed by atoms with Gasteiger partial charge in [-0.2, -0.15) is 0 Å². The molecule has 0 spiro atoms. The van der Waals surface area contributed by atoms with Crippen molar-refractivity contribution >= 4 is 11.0 Å². The Morgan fingerprint density at radius 3 is 2.22 bits per heavy atom. The number of benzene rings is 1. The van der Waals surface area contributed by atoms with Gasteiger partial charge in [-0.15, -0.1) is 0 Å². The fourth-order valence-corrected chi connectivity index (χ4v) is 4.01. The summed E-state index contributed by atoms with van der Waals surface area (Å²) in [5.41, 5.74) is 2.21. The van der Waals surface area contributed by atoms with E-state index in [1.807, 2.05) is 32.9 Å². The second-order valence-corrected chi connectivity index (χ2v) is 9.77.